The van der Waals surface area contributed by atoms with Crippen LogP contribution in [0.25, 0.3) is 0 Å². The van der Waals surface area contributed by atoms with Crippen LogP contribution in [0, 0.1) is 11.8 Å². The molecular formula is C17H33N3O. The average molecular weight is 295 g/mol. The van der Waals surface area contributed by atoms with Crippen molar-refractivity contribution in [1.82, 2.24) is 15.1 Å². The van der Waals surface area contributed by atoms with Gasteiger partial charge in [0.15, 0.2) is 0 Å². The van der Waals surface area contributed by atoms with Crippen LogP contribution >= 0.6 is 0 Å². The second kappa shape index (κ2) is 7.59. The number of carbonyl (C=O) groups is 1. The van der Waals surface area contributed by atoms with Gasteiger partial charge in [-0.25, -0.2) is 0 Å². The molecule has 2 rings (SSSR count). The number of rotatable bonds is 4. The maximum atomic E-state index is 11.8. The number of amides is 1. The van der Waals surface area contributed by atoms with Crippen molar-refractivity contribution in [3.05, 3.63) is 0 Å². The fraction of sp³-hybridized carbons (Fsp3) is 0.941. The second-order valence-corrected chi connectivity index (χ2v) is 7.62. The lowest BCUT2D eigenvalue weighted by Crippen LogP contribution is -2.49. The molecule has 21 heavy (non-hydrogen) atoms. The van der Waals surface area contributed by atoms with Crippen LogP contribution in [0.3, 0.4) is 0 Å². The Bertz CT molecular complexity index is 327. The van der Waals surface area contributed by atoms with Crippen LogP contribution in [0.15, 0.2) is 0 Å². The summed E-state index contributed by atoms with van der Waals surface area (Å²) in [5.74, 6) is 1.95. The number of likely N-dealkylation sites (tertiary alicyclic amines) is 1. The molecule has 0 aromatic rings. The monoisotopic (exact) mass is 295 g/mol. The van der Waals surface area contributed by atoms with E-state index in [2.05, 4.69) is 24.1 Å². The number of nitrogens with zero attached hydrogens (tertiary/aromatic N) is 2. The van der Waals surface area contributed by atoms with Gasteiger partial charge in [0.25, 0.3) is 0 Å². The van der Waals surface area contributed by atoms with Crippen LogP contribution in [0.4, 0.5) is 0 Å². The van der Waals surface area contributed by atoms with E-state index in [9.17, 15) is 4.79 Å². The highest BCUT2D eigenvalue weighted by Crippen LogP contribution is 2.29. The van der Waals surface area contributed by atoms with Gasteiger partial charge in [-0.3, -0.25) is 9.69 Å². The molecular weight excluding hydrogens is 262 g/mol. The van der Waals surface area contributed by atoms with E-state index in [1.54, 1.807) is 4.90 Å². The molecule has 4 heteroatoms. The van der Waals surface area contributed by atoms with Crippen molar-refractivity contribution in [1.29, 1.82) is 0 Å². The van der Waals surface area contributed by atoms with Gasteiger partial charge >= 0.3 is 0 Å². The standard InChI is InChI=1S/C17H33N3O/c1-13-9-14(2)11-16(10-13)18-15-5-7-20(8-6-15)12-17(21)19(3)4/h13-16,18H,5-12H2,1-4H3. The predicted octanol–water partition coefficient (Wildman–Crippen LogP) is 1.95. The Hall–Kier alpha value is -0.610. The summed E-state index contributed by atoms with van der Waals surface area (Å²) in [7, 11) is 3.67. The van der Waals surface area contributed by atoms with Crippen LogP contribution < -0.4 is 5.32 Å². The molecule has 1 amide bonds. The fourth-order valence-electron chi connectivity index (χ4n) is 4.01. The Balaban J connectivity index is 1.70. The summed E-state index contributed by atoms with van der Waals surface area (Å²) in [6.07, 6.45) is 6.43. The van der Waals surface area contributed by atoms with Crippen molar-refractivity contribution in [2.24, 2.45) is 11.8 Å². The minimum atomic E-state index is 0.219. The lowest BCUT2D eigenvalue weighted by molar-refractivity contribution is -0.130. The molecule has 1 saturated carbocycles. The number of hydrogen-bond acceptors (Lipinski definition) is 3. The molecule has 1 aliphatic carbocycles. The minimum Gasteiger partial charge on any atom is -0.348 e. The van der Waals surface area contributed by atoms with E-state index in [-0.39, 0.29) is 5.91 Å². The molecule has 2 unspecified atom stereocenters. The molecule has 2 atom stereocenters. The molecule has 0 bridgehead atoms. The summed E-state index contributed by atoms with van der Waals surface area (Å²) < 4.78 is 0. The SMILES string of the molecule is CC1CC(C)CC(NC2CCN(CC(=O)N(C)C)CC2)C1. The van der Waals surface area contributed by atoms with E-state index < -0.39 is 0 Å². The third kappa shape index (κ3) is 5.26. The van der Waals surface area contributed by atoms with E-state index in [0.29, 0.717) is 18.6 Å². The third-order valence-electron chi connectivity index (χ3n) is 5.10. The smallest absolute Gasteiger partial charge is 0.236 e. The summed E-state index contributed by atoms with van der Waals surface area (Å²) in [4.78, 5) is 15.7. The maximum absolute atomic E-state index is 11.8. The number of nitrogens with one attached hydrogen (secondary N) is 1. The van der Waals surface area contributed by atoms with Crippen LogP contribution in [0.2, 0.25) is 0 Å². The first kappa shape index (κ1) is 16.8. The van der Waals surface area contributed by atoms with Crippen molar-refractivity contribution in [3.63, 3.8) is 0 Å². The van der Waals surface area contributed by atoms with Crippen molar-refractivity contribution < 1.29 is 4.79 Å². The summed E-state index contributed by atoms with van der Waals surface area (Å²) >= 11 is 0. The summed E-state index contributed by atoms with van der Waals surface area (Å²) in [6.45, 7) is 7.46. The molecule has 122 valence electrons. The molecule has 0 aromatic carbocycles. The van der Waals surface area contributed by atoms with Crippen molar-refractivity contribution in [3.8, 4) is 0 Å². The molecule has 1 aliphatic heterocycles. The number of hydrogen-bond donors (Lipinski definition) is 1. The van der Waals surface area contributed by atoms with Gasteiger partial charge in [-0.1, -0.05) is 13.8 Å². The summed E-state index contributed by atoms with van der Waals surface area (Å²) in [5, 5.41) is 3.89. The van der Waals surface area contributed by atoms with Gasteiger partial charge in [-0.2, -0.15) is 0 Å². The number of carbonyl (C=O) groups excluding carboxylic acids is 1. The van der Waals surface area contributed by atoms with Crippen molar-refractivity contribution in [2.75, 3.05) is 33.7 Å². The molecule has 0 radical (unpaired) electrons. The quantitative estimate of drug-likeness (QED) is 0.861. The molecule has 2 aliphatic rings. The summed E-state index contributed by atoms with van der Waals surface area (Å²) in [5.41, 5.74) is 0. The Kier molecular flexibility index (Phi) is 6.06. The lowest BCUT2D eigenvalue weighted by atomic mass is 9.80. The minimum absolute atomic E-state index is 0.219. The van der Waals surface area contributed by atoms with Crippen LogP contribution in [0.5, 0.6) is 0 Å². The highest BCUT2D eigenvalue weighted by atomic mass is 16.2. The Morgan fingerprint density at radius 3 is 2.14 bits per heavy atom. The largest absolute Gasteiger partial charge is 0.348 e. The molecule has 0 aromatic heterocycles. The van der Waals surface area contributed by atoms with E-state index in [4.69, 9.17) is 0 Å². The van der Waals surface area contributed by atoms with Crippen LogP contribution in [0.1, 0.15) is 46.0 Å². The van der Waals surface area contributed by atoms with Gasteiger partial charge < -0.3 is 10.2 Å². The molecule has 1 N–H and O–H groups in total. The van der Waals surface area contributed by atoms with Gasteiger partial charge in [-0.05, 0) is 43.9 Å². The van der Waals surface area contributed by atoms with Gasteiger partial charge in [-0.15, -0.1) is 0 Å². The van der Waals surface area contributed by atoms with Crippen LogP contribution in [-0.4, -0.2) is 61.5 Å². The number of likely N-dealkylation sites (N-methyl/N-ethyl adjacent to an activating group) is 1. The first-order valence-corrected chi connectivity index (χ1v) is 8.62. The molecule has 1 saturated heterocycles. The first-order valence-electron chi connectivity index (χ1n) is 8.62. The van der Waals surface area contributed by atoms with Gasteiger partial charge in [0, 0.05) is 39.3 Å². The highest BCUT2D eigenvalue weighted by Gasteiger charge is 2.27. The van der Waals surface area contributed by atoms with Crippen molar-refractivity contribution >= 4 is 5.91 Å². The van der Waals surface area contributed by atoms with Gasteiger partial charge in [0.1, 0.15) is 0 Å². The predicted molar refractivity (Wildman–Crippen MR) is 87.3 cm³/mol. The Labute approximate surface area is 130 Å². The van der Waals surface area contributed by atoms with Gasteiger partial charge in [0.05, 0.1) is 6.54 Å². The zero-order chi connectivity index (χ0) is 15.4. The zero-order valence-corrected chi connectivity index (χ0v) is 14.3. The first-order chi connectivity index (χ1) is 9.94. The highest BCUT2D eigenvalue weighted by molar-refractivity contribution is 5.77. The average Bonchev–Trinajstić information content (AvgIpc) is 2.39. The van der Waals surface area contributed by atoms with E-state index in [0.717, 1.165) is 24.9 Å². The number of piperidine rings is 1. The van der Waals surface area contributed by atoms with E-state index in [1.165, 1.54) is 32.1 Å². The van der Waals surface area contributed by atoms with Gasteiger partial charge in [0.2, 0.25) is 5.91 Å². The van der Waals surface area contributed by atoms with E-state index >= 15 is 0 Å². The molecule has 4 nitrogen and oxygen atoms in total. The lowest BCUT2D eigenvalue weighted by Gasteiger charge is -2.38. The second-order valence-electron chi connectivity index (χ2n) is 7.62. The third-order valence-corrected chi connectivity index (χ3v) is 5.10. The molecule has 1 heterocycles. The van der Waals surface area contributed by atoms with Crippen LogP contribution in [-0.2, 0) is 4.79 Å². The molecule has 0 spiro atoms. The topological polar surface area (TPSA) is 35.6 Å². The summed E-state index contributed by atoms with van der Waals surface area (Å²) in [6, 6.07) is 1.36. The van der Waals surface area contributed by atoms with E-state index in [1.807, 2.05) is 14.1 Å². The fourth-order valence-corrected chi connectivity index (χ4v) is 4.01. The zero-order valence-electron chi connectivity index (χ0n) is 14.3. The Morgan fingerprint density at radius 1 is 1.05 bits per heavy atom. The Morgan fingerprint density at radius 2 is 1.62 bits per heavy atom. The van der Waals surface area contributed by atoms with Crippen molar-refractivity contribution in [2.45, 2.75) is 58.0 Å². The molecule has 2 fully saturated rings. The maximum Gasteiger partial charge on any atom is 0.236 e. The normalized spacial score (nSPS) is 32.1.